The lowest BCUT2D eigenvalue weighted by atomic mass is 9.98. The SMILES string of the molecule is Cc1ccc2c(c1C)=NC(=O)C(CCNC(=S)Nc1ccccc1F)C=2. The number of hydrogen-bond acceptors (Lipinski definition) is 2. The summed E-state index contributed by atoms with van der Waals surface area (Å²) >= 11 is 5.18. The maximum atomic E-state index is 13.6. The molecule has 0 aliphatic carbocycles. The fourth-order valence-corrected chi connectivity index (χ4v) is 3.08. The van der Waals surface area contributed by atoms with Crippen LogP contribution in [-0.4, -0.2) is 17.6 Å². The van der Waals surface area contributed by atoms with Crippen LogP contribution in [0.5, 0.6) is 0 Å². The highest BCUT2D eigenvalue weighted by molar-refractivity contribution is 7.80. The van der Waals surface area contributed by atoms with Crippen LogP contribution in [0.2, 0.25) is 0 Å². The molecule has 4 nitrogen and oxygen atoms in total. The van der Waals surface area contributed by atoms with Crippen molar-refractivity contribution in [1.82, 2.24) is 5.32 Å². The number of para-hydroxylation sites is 1. The lowest BCUT2D eigenvalue weighted by Gasteiger charge is -2.15. The minimum atomic E-state index is -0.367. The second kappa shape index (κ2) is 7.74. The summed E-state index contributed by atoms with van der Waals surface area (Å²) in [5.41, 5.74) is 2.48. The average Bonchev–Trinajstić information content (AvgIpc) is 2.61. The fraction of sp³-hybridized carbons (Fsp3) is 0.250. The third-order valence-corrected chi connectivity index (χ3v) is 4.76. The van der Waals surface area contributed by atoms with Gasteiger partial charge in [-0.15, -0.1) is 0 Å². The average molecular weight is 369 g/mol. The third kappa shape index (κ3) is 3.96. The highest BCUT2D eigenvalue weighted by Gasteiger charge is 2.19. The van der Waals surface area contributed by atoms with E-state index in [0.717, 1.165) is 21.7 Å². The Hall–Kier alpha value is -2.60. The zero-order valence-electron chi connectivity index (χ0n) is 14.7. The maximum Gasteiger partial charge on any atom is 0.253 e. The van der Waals surface area contributed by atoms with Crippen LogP contribution in [0, 0.1) is 25.6 Å². The molecule has 1 heterocycles. The fourth-order valence-electron chi connectivity index (χ4n) is 2.86. The quantitative estimate of drug-likeness (QED) is 0.813. The topological polar surface area (TPSA) is 53.5 Å². The minimum Gasteiger partial charge on any atom is -0.362 e. The van der Waals surface area contributed by atoms with Gasteiger partial charge in [-0.2, -0.15) is 0 Å². The van der Waals surface area contributed by atoms with Crippen molar-refractivity contribution in [3.63, 3.8) is 0 Å². The largest absolute Gasteiger partial charge is 0.362 e. The van der Waals surface area contributed by atoms with E-state index in [1.165, 1.54) is 6.07 Å². The lowest BCUT2D eigenvalue weighted by molar-refractivity contribution is -0.120. The van der Waals surface area contributed by atoms with Crippen LogP contribution < -0.4 is 21.2 Å². The Bertz CT molecular complexity index is 987. The van der Waals surface area contributed by atoms with Crippen molar-refractivity contribution >= 4 is 35.0 Å². The summed E-state index contributed by atoms with van der Waals surface area (Å²) in [7, 11) is 0. The zero-order valence-corrected chi connectivity index (χ0v) is 15.5. The van der Waals surface area contributed by atoms with Gasteiger partial charge in [0.05, 0.1) is 17.0 Å². The van der Waals surface area contributed by atoms with Crippen molar-refractivity contribution in [3.8, 4) is 0 Å². The van der Waals surface area contributed by atoms with E-state index in [1.54, 1.807) is 18.2 Å². The Morgan fingerprint density at radius 1 is 1.23 bits per heavy atom. The predicted octanol–water partition coefficient (Wildman–Crippen LogP) is 2.38. The molecule has 0 saturated carbocycles. The first-order chi connectivity index (χ1) is 12.5. The Morgan fingerprint density at radius 2 is 2.00 bits per heavy atom. The zero-order chi connectivity index (χ0) is 18.7. The van der Waals surface area contributed by atoms with Crippen LogP contribution in [0.4, 0.5) is 10.1 Å². The summed E-state index contributed by atoms with van der Waals surface area (Å²) in [6, 6.07) is 10.4. The van der Waals surface area contributed by atoms with Gasteiger partial charge in [0.15, 0.2) is 5.11 Å². The Labute approximate surface area is 156 Å². The summed E-state index contributed by atoms with van der Waals surface area (Å²) in [5.74, 6) is -0.789. The number of amides is 1. The number of thiocarbonyl (C=S) groups is 1. The molecule has 2 aromatic carbocycles. The van der Waals surface area contributed by atoms with Crippen LogP contribution >= 0.6 is 12.2 Å². The van der Waals surface area contributed by atoms with E-state index in [1.807, 2.05) is 32.1 Å². The van der Waals surface area contributed by atoms with E-state index in [0.29, 0.717) is 23.8 Å². The van der Waals surface area contributed by atoms with Gasteiger partial charge in [0.1, 0.15) is 5.82 Å². The summed E-state index contributed by atoms with van der Waals surface area (Å²) in [4.78, 5) is 16.6. The van der Waals surface area contributed by atoms with E-state index in [2.05, 4.69) is 15.6 Å². The van der Waals surface area contributed by atoms with Crippen LogP contribution in [0.25, 0.3) is 6.08 Å². The number of nitrogens with one attached hydrogen (secondary N) is 2. The summed E-state index contributed by atoms with van der Waals surface area (Å²) < 4.78 is 13.6. The van der Waals surface area contributed by atoms with Crippen molar-refractivity contribution in [2.75, 3.05) is 11.9 Å². The molecular formula is C20H20FN3OS. The van der Waals surface area contributed by atoms with Crippen LogP contribution in [0.3, 0.4) is 0 Å². The second-order valence-electron chi connectivity index (χ2n) is 6.32. The molecule has 1 aliphatic heterocycles. The van der Waals surface area contributed by atoms with E-state index >= 15 is 0 Å². The Balaban J connectivity index is 1.61. The molecular weight excluding hydrogens is 349 g/mol. The molecule has 26 heavy (non-hydrogen) atoms. The van der Waals surface area contributed by atoms with E-state index < -0.39 is 0 Å². The lowest BCUT2D eigenvalue weighted by Crippen LogP contribution is -2.37. The van der Waals surface area contributed by atoms with Gasteiger partial charge in [0.2, 0.25) is 0 Å². The predicted molar refractivity (Wildman–Crippen MR) is 105 cm³/mol. The van der Waals surface area contributed by atoms with Gasteiger partial charge in [-0.1, -0.05) is 30.3 Å². The molecule has 0 radical (unpaired) electrons. The van der Waals surface area contributed by atoms with Crippen molar-refractivity contribution in [3.05, 3.63) is 63.9 Å². The highest BCUT2D eigenvalue weighted by atomic mass is 32.1. The molecule has 134 valence electrons. The second-order valence-corrected chi connectivity index (χ2v) is 6.73. The van der Waals surface area contributed by atoms with Gasteiger partial charge in [0, 0.05) is 6.54 Å². The molecule has 0 bridgehead atoms. The third-order valence-electron chi connectivity index (χ3n) is 4.52. The van der Waals surface area contributed by atoms with Crippen molar-refractivity contribution in [2.24, 2.45) is 10.9 Å². The Morgan fingerprint density at radius 3 is 2.77 bits per heavy atom. The number of fused-ring (bicyclic) bond motifs is 1. The van der Waals surface area contributed by atoms with Crippen molar-refractivity contribution in [1.29, 1.82) is 0 Å². The molecule has 0 fully saturated rings. The number of nitrogens with zero attached hydrogens (tertiary/aromatic N) is 1. The highest BCUT2D eigenvalue weighted by Crippen LogP contribution is 2.13. The first-order valence-electron chi connectivity index (χ1n) is 8.45. The first kappa shape index (κ1) is 18.2. The monoisotopic (exact) mass is 369 g/mol. The summed E-state index contributed by atoms with van der Waals surface area (Å²) in [5, 5.41) is 7.91. The van der Waals surface area contributed by atoms with Crippen LogP contribution in [0.15, 0.2) is 41.4 Å². The van der Waals surface area contributed by atoms with E-state index in [9.17, 15) is 9.18 Å². The van der Waals surface area contributed by atoms with Gasteiger partial charge < -0.3 is 10.6 Å². The smallest absolute Gasteiger partial charge is 0.253 e. The molecule has 3 rings (SSSR count). The van der Waals surface area contributed by atoms with Crippen molar-refractivity contribution in [2.45, 2.75) is 20.3 Å². The number of hydrogen-bond donors (Lipinski definition) is 2. The van der Waals surface area contributed by atoms with Gasteiger partial charge in [-0.25, -0.2) is 9.38 Å². The first-order valence-corrected chi connectivity index (χ1v) is 8.86. The molecule has 1 amide bonds. The van der Waals surface area contributed by atoms with Gasteiger partial charge in [0.25, 0.3) is 5.91 Å². The molecule has 6 heteroatoms. The normalized spacial score (nSPS) is 15.5. The molecule has 2 aromatic rings. The number of aryl methyl sites for hydroxylation is 1. The van der Waals surface area contributed by atoms with Crippen molar-refractivity contribution < 1.29 is 9.18 Å². The molecule has 2 N–H and O–H groups in total. The molecule has 1 unspecified atom stereocenters. The molecule has 0 saturated heterocycles. The molecule has 1 atom stereocenters. The van der Waals surface area contributed by atoms with E-state index in [4.69, 9.17) is 12.2 Å². The summed E-state index contributed by atoms with van der Waals surface area (Å²) in [6.45, 7) is 4.48. The molecule has 0 spiro atoms. The summed E-state index contributed by atoms with van der Waals surface area (Å²) in [6.07, 6.45) is 2.53. The molecule has 1 aliphatic rings. The number of benzene rings is 2. The van der Waals surface area contributed by atoms with E-state index in [-0.39, 0.29) is 17.6 Å². The number of carbonyl (C=O) groups excluding carboxylic acids is 1. The molecule has 0 aromatic heterocycles. The van der Waals surface area contributed by atoms with Gasteiger partial charge >= 0.3 is 0 Å². The number of rotatable bonds is 4. The van der Waals surface area contributed by atoms with Crippen LogP contribution in [-0.2, 0) is 4.79 Å². The van der Waals surface area contributed by atoms with Crippen LogP contribution in [0.1, 0.15) is 17.5 Å². The Kier molecular flexibility index (Phi) is 5.42. The number of halogens is 1. The number of anilines is 1. The van der Waals surface area contributed by atoms with Gasteiger partial charge in [-0.05, 0) is 61.0 Å². The number of carbonyl (C=O) groups is 1. The van der Waals surface area contributed by atoms with Gasteiger partial charge in [-0.3, -0.25) is 4.79 Å². The minimum absolute atomic E-state index is 0.138. The maximum absolute atomic E-state index is 13.6. The standard InChI is InChI=1S/C20H20FN3OS/c1-12-7-8-14-11-15(19(25)24-18(14)13(12)2)9-10-22-20(26)23-17-6-4-3-5-16(17)21/h3-8,11,15H,9-10H2,1-2H3,(H2,22,23,26).